The second-order valence-corrected chi connectivity index (χ2v) is 6.99. The molecule has 0 fully saturated rings. The molecule has 0 unspecified atom stereocenters. The Labute approximate surface area is 180 Å². The van der Waals surface area contributed by atoms with Gasteiger partial charge >= 0.3 is 11.9 Å². The number of pyridine rings is 1. The molecule has 0 aliphatic carbocycles. The van der Waals surface area contributed by atoms with E-state index >= 15 is 0 Å². The fraction of sp³-hybridized carbons (Fsp3) is 0.100. The quantitative estimate of drug-likeness (QED) is 0.503. The normalized spacial score (nSPS) is 10.6. The Kier molecular flexibility index (Phi) is 6.39. The number of benzene rings is 2. The van der Waals surface area contributed by atoms with Crippen LogP contribution in [-0.4, -0.2) is 39.6 Å². The summed E-state index contributed by atoms with van der Waals surface area (Å²) in [7, 11) is 0. The molecule has 0 aliphatic heterocycles. The molecule has 3 N–H and O–H groups in total. The van der Waals surface area contributed by atoms with E-state index < -0.39 is 35.6 Å². The van der Waals surface area contributed by atoms with E-state index in [9.17, 15) is 24.6 Å². The Morgan fingerprint density at radius 2 is 1.87 bits per heavy atom. The number of aromatic nitrogens is 1. The smallest absolute Gasteiger partial charge is 0.337 e. The highest BCUT2D eigenvalue weighted by atomic mass is 35.5. The molecule has 0 radical (unpaired) electrons. The van der Waals surface area contributed by atoms with Crippen LogP contribution in [0.5, 0.6) is 5.75 Å². The number of carbonyl (C=O) groups is 3. The Morgan fingerprint density at radius 3 is 2.50 bits per heavy atom. The number of halogens is 2. The van der Waals surface area contributed by atoms with Gasteiger partial charge in [0.15, 0.2) is 6.61 Å². The Hall–Kier alpha value is -3.36. The molecule has 1 amide bonds. The number of fused-ring (bicyclic) bond motifs is 1. The van der Waals surface area contributed by atoms with Crippen molar-refractivity contribution in [3.63, 3.8) is 0 Å². The first kappa shape index (κ1) is 21.4. The SMILES string of the molecule is O=C(COc1cc(C(=O)O)c(C(=O)O)c2cc(Cl)cc(Cl)c12)NCc1cccnc1. The molecule has 1 aromatic heterocycles. The van der Waals surface area contributed by atoms with Crippen molar-refractivity contribution < 1.29 is 29.3 Å². The van der Waals surface area contributed by atoms with Crippen LogP contribution in [-0.2, 0) is 11.3 Å². The zero-order valence-electron chi connectivity index (χ0n) is 15.2. The first-order valence-electron chi connectivity index (χ1n) is 8.48. The lowest BCUT2D eigenvalue weighted by molar-refractivity contribution is -0.123. The van der Waals surface area contributed by atoms with Gasteiger partial charge < -0.3 is 20.3 Å². The lowest BCUT2D eigenvalue weighted by atomic mass is 9.97. The van der Waals surface area contributed by atoms with E-state index in [-0.39, 0.29) is 33.1 Å². The van der Waals surface area contributed by atoms with Crippen molar-refractivity contribution in [1.82, 2.24) is 10.3 Å². The maximum atomic E-state index is 12.1. The zero-order valence-corrected chi connectivity index (χ0v) is 16.7. The van der Waals surface area contributed by atoms with Gasteiger partial charge in [0.2, 0.25) is 0 Å². The van der Waals surface area contributed by atoms with Crippen LogP contribution in [0.15, 0.2) is 42.7 Å². The van der Waals surface area contributed by atoms with Gasteiger partial charge in [-0.1, -0.05) is 29.3 Å². The van der Waals surface area contributed by atoms with Gasteiger partial charge in [0.1, 0.15) is 5.75 Å². The lowest BCUT2D eigenvalue weighted by Gasteiger charge is -2.15. The average molecular weight is 449 g/mol. The van der Waals surface area contributed by atoms with Gasteiger partial charge in [0, 0.05) is 34.7 Å². The summed E-state index contributed by atoms with van der Waals surface area (Å²) in [6.07, 6.45) is 3.21. The largest absolute Gasteiger partial charge is 0.483 e. The van der Waals surface area contributed by atoms with Gasteiger partial charge in [-0.25, -0.2) is 9.59 Å². The van der Waals surface area contributed by atoms with Crippen LogP contribution in [0, 0.1) is 0 Å². The van der Waals surface area contributed by atoms with Crippen LogP contribution in [0.3, 0.4) is 0 Å². The van der Waals surface area contributed by atoms with Gasteiger partial charge in [-0.05, 0) is 29.8 Å². The third-order valence-corrected chi connectivity index (χ3v) is 4.65. The highest BCUT2D eigenvalue weighted by Gasteiger charge is 2.24. The van der Waals surface area contributed by atoms with Gasteiger partial charge in [0.05, 0.1) is 16.1 Å². The fourth-order valence-electron chi connectivity index (χ4n) is 2.85. The number of rotatable bonds is 7. The summed E-state index contributed by atoms with van der Waals surface area (Å²) < 4.78 is 5.50. The van der Waals surface area contributed by atoms with Gasteiger partial charge in [0.25, 0.3) is 5.91 Å². The molecule has 1 heterocycles. The van der Waals surface area contributed by atoms with E-state index in [2.05, 4.69) is 10.3 Å². The van der Waals surface area contributed by atoms with Crippen molar-refractivity contribution in [2.45, 2.75) is 6.54 Å². The van der Waals surface area contributed by atoms with Crippen LogP contribution in [0.25, 0.3) is 10.8 Å². The van der Waals surface area contributed by atoms with Crippen molar-refractivity contribution in [2.75, 3.05) is 6.61 Å². The Morgan fingerprint density at radius 1 is 1.10 bits per heavy atom. The van der Waals surface area contributed by atoms with Crippen LogP contribution >= 0.6 is 23.2 Å². The minimum Gasteiger partial charge on any atom is -0.483 e. The summed E-state index contributed by atoms with van der Waals surface area (Å²) in [6, 6.07) is 7.20. The summed E-state index contributed by atoms with van der Waals surface area (Å²) in [4.78, 5) is 39.4. The highest BCUT2D eigenvalue weighted by molar-refractivity contribution is 6.40. The molecule has 154 valence electrons. The zero-order chi connectivity index (χ0) is 21.8. The van der Waals surface area contributed by atoms with E-state index in [0.29, 0.717) is 0 Å². The van der Waals surface area contributed by atoms with E-state index in [1.54, 1.807) is 24.5 Å². The lowest BCUT2D eigenvalue weighted by Crippen LogP contribution is -2.28. The number of carboxylic acids is 2. The molecule has 3 aromatic rings. The van der Waals surface area contributed by atoms with Crippen molar-refractivity contribution in [3.05, 3.63) is 69.5 Å². The van der Waals surface area contributed by atoms with Gasteiger partial charge in [-0.3, -0.25) is 9.78 Å². The van der Waals surface area contributed by atoms with Crippen molar-refractivity contribution in [3.8, 4) is 5.75 Å². The number of amides is 1. The topological polar surface area (TPSA) is 126 Å². The van der Waals surface area contributed by atoms with E-state index in [1.165, 1.54) is 12.1 Å². The highest BCUT2D eigenvalue weighted by Crippen LogP contribution is 2.38. The molecule has 0 spiro atoms. The average Bonchev–Trinajstić information content (AvgIpc) is 2.69. The van der Waals surface area contributed by atoms with Gasteiger partial charge in [-0.2, -0.15) is 0 Å². The monoisotopic (exact) mass is 448 g/mol. The number of carbonyl (C=O) groups excluding carboxylic acids is 1. The predicted molar refractivity (Wildman–Crippen MR) is 109 cm³/mol. The third-order valence-electron chi connectivity index (χ3n) is 4.13. The molecule has 30 heavy (non-hydrogen) atoms. The van der Waals surface area contributed by atoms with Crippen LogP contribution in [0.2, 0.25) is 10.0 Å². The number of nitrogens with one attached hydrogen (secondary N) is 1. The Balaban J connectivity index is 1.93. The number of nitrogens with zero attached hydrogens (tertiary/aromatic N) is 1. The van der Waals surface area contributed by atoms with Crippen molar-refractivity contribution in [2.24, 2.45) is 0 Å². The first-order valence-corrected chi connectivity index (χ1v) is 9.24. The van der Waals surface area contributed by atoms with Crippen LogP contribution < -0.4 is 10.1 Å². The van der Waals surface area contributed by atoms with Crippen molar-refractivity contribution in [1.29, 1.82) is 0 Å². The maximum Gasteiger partial charge on any atom is 0.337 e. The molecule has 0 atom stereocenters. The van der Waals surface area contributed by atoms with Crippen molar-refractivity contribution >= 4 is 51.8 Å². The Bertz CT molecular complexity index is 1150. The van der Waals surface area contributed by atoms with Crippen LogP contribution in [0.4, 0.5) is 0 Å². The van der Waals surface area contributed by atoms with E-state index in [1.807, 2.05) is 0 Å². The number of aromatic carboxylic acids is 2. The van der Waals surface area contributed by atoms with E-state index in [0.717, 1.165) is 11.6 Å². The summed E-state index contributed by atoms with van der Waals surface area (Å²) in [5.74, 6) is -3.46. The van der Waals surface area contributed by atoms with Gasteiger partial charge in [-0.15, -0.1) is 0 Å². The minimum atomic E-state index is -1.48. The molecule has 8 nitrogen and oxygen atoms in total. The molecular formula is C20H14Cl2N2O6. The maximum absolute atomic E-state index is 12.1. The first-order chi connectivity index (χ1) is 14.3. The molecular weight excluding hydrogens is 435 g/mol. The number of ether oxygens (including phenoxy) is 1. The number of hydrogen-bond acceptors (Lipinski definition) is 5. The molecule has 0 saturated carbocycles. The predicted octanol–water partition coefficient (Wildman–Crippen LogP) is 3.63. The second-order valence-electron chi connectivity index (χ2n) is 6.14. The standard InChI is InChI=1S/C20H14Cl2N2O6/c21-11-4-12-17(20(28)29)13(19(26)27)6-15(18(12)14(22)5-11)30-9-16(25)24-8-10-2-1-3-23-7-10/h1-7H,8-9H2,(H,24,25)(H,26,27)(H,28,29). The van der Waals surface area contributed by atoms with Crippen LogP contribution in [0.1, 0.15) is 26.3 Å². The summed E-state index contributed by atoms with van der Waals surface area (Å²) >= 11 is 12.2. The second kappa shape index (κ2) is 8.98. The summed E-state index contributed by atoms with van der Waals surface area (Å²) in [5, 5.41) is 21.9. The third kappa shape index (κ3) is 4.61. The van der Waals surface area contributed by atoms with E-state index in [4.69, 9.17) is 27.9 Å². The summed E-state index contributed by atoms with van der Waals surface area (Å²) in [6.45, 7) is -0.217. The molecule has 10 heteroatoms. The fourth-order valence-corrected chi connectivity index (χ4v) is 3.44. The molecule has 0 bridgehead atoms. The molecule has 3 rings (SSSR count). The molecule has 0 saturated heterocycles. The molecule has 2 aromatic carbocycles. The number of hydrogen-bond donors (Lipinski definition) is 3. The number of carboxylic acid groups (broad SMARTS) is 2. The summed E-state index contributed by atoms with van der Waals surface area (Å²) in [5.41, 5.74) is -0.206. The molecule has 0 aliphatic rings. The minimum absolute atomic E-state index is 0.00864.